The summed E-state index contributed by atoms with van der Waals surface area (Å²) in [4.78, 5) is 2.61. The van der Waals surface area contributed by atoms with E-state index >= 15 is 0 Å². The average molecular weight is 692 g/mol. The molecule has 0 fully saturated rings. The standard InChI is InChI=1S/C53H41N/c1-5-6-20-44-43-31-29-35(2)33-49(43)53(46-26-15-11-23-40(46)41-24-12-16-27-47(41)53)51(44)54(50-28-17-13-21-38(50)36-18-8-7-9-19-36)37-30-32-42-39-22-10-14-25-45(39)52(3,4)48(42)34-37/h5-34H,1H2,2-4H3/b20-6-. The van der Waals surface area contributed by atoms with E-state index in [2.05, 4.69) is 208 Å². The molecule has 3 aliphatic rings. The van der Waals surface area contributed by atoms with E-state index in [1.165, 1.54) is 83.6 Å². The van der Waals surface area contributed by atoms with E-state index in [1.54, 1.807) is 0 Å². The summed E-state index contributed by atoms with van der Waals surface area (Å²) in [6, 6.07) is 61.1. The minimum atomic E-state index is -0.601. The van der Waals surface area contributed by atoms with Crippen molar-refractivity contribution in [3.8, 4) is 33.4 Å². The fourth-order valence-electron chi connectivity index (χ4n) is 9.81. The Morgan fingerprint density at radius 1 is 0.500 bits per heavy atom. The van der Waals surface area contributed by atoms with Gasteiger partial charge in [0.05, 0.1) is 16.8 Å². The van der Waals surface area contributed by atoms with Gasteiger partial charge in [0.1, 0.15) is 0 Å². The van der Waals surface area contributed by atoms with Gasteiger partial charge in [-0.3, -0.25) is 0 Å². The third-order valence-electron chi connectivity index (χ3n) is 12.1. The zero-order valence-corrected chi connectivity index (χ0v) is 31.0. The van der Waals surface area contributed by atoms with Gasteiger partial charge in [-0.1, -0.05) is 190 Å². The van der Waals surface area contributed by atoms with Gasteiger partial charge in [-0.25, -0.2) is 0 Å². The second kappa shape index (κ2) is 12.0. The molecule has 1 spiro atoms. The molecular formula is C53H41N. The zero-order chi connectivity index (χ0) is 36.6. The fourth-order valence-corrected chi connectivity index (χ4v) is 9.81. The molecular weight excluding hydrogens is 651 g/mol. The number of nitrogens with zero attached hydrogens (tertiary/aromatic N) is 1. The maximum absolute atomic E-state index is 4.14. The van der Waals surface area contributed by atoms with Crippen molar-refractivity contribution < 1.29 is 0 Å². The molecule has 0 aromatic heterocycles. The van der Waals surface area contributed by atoms with Crippen LogP contribution in [-0.2, 0) is 10.8 Å². The fraction of sp³-hybridized carbons (Fsp3) is 0.0943. The van der Waals surface area contributed by atoms with Crippen LogP contribution in [-0.4, -0.2) is 0 Å². The van der Waals surface area contributed by atoms with Gasteiger partial charge in [-0.05, 0) is 86.3 Å². The van der Waals surface area contributed by atoms with Crippen LogP contribution in [0.1, 0.15) is 52.8 Å². The van der Waals surface area contributed by atoms with Crippen LogP contribution in [0.3, 0.4) is 0 Å². The van der Waals surface area contributed by atoms with Crippen LogP contribution in [0.5, 0.6) is 0 Å². The van der Waals surface area contributed by atoms with Crippen LogP contribution >= 0.6 is 0 Å². The van der Waals surface area contributed by atoms with E-state index in [1.807, 2.05) is 6.08 Å². The summed E-state index contributed by atoms with van der Waals surface area (Å²) in [5.74, 6) is 0. The molecule has 0 radical (unpaired) electrons. The topological polar surface area (TPSA) is 3.24 Å². The van der Waals surface area contributed by atoms with Crippen LogP contribution in [0.15, 0.2) is 194 Å². The Morgan fingerprint density at radius 3 is 1.74 bits per heavy atom. The van der Waals surface area contributed by atoms with E-state index in [9.17, 15) is 0 Å². The monoisotopic (exact) mass is 691 g/mol. The van der Waals surface area contributed by atoms with Crippen molar-refractivity contribution in [1.29, 1.82) is 0 Å². The highest BCUT2D eigenvalue weighted by Crippen LogP contribution is 2.64. The highest BCUT2D eigenvalue weighted by Gasteiger charge is 2.55. The maximum Gasteiger partial charge on any atom is 0.0882 e. The van der Waals surface area contributed by atoms with Gasteiger partial charge >= 0.3 is 0 Å². The molecule has 54 heavy (non-hydrogen) atoms. The van der Waals surface area contributed by atoms with Gasteiger partial charge in [0.15, 0.2) is 0 Å². The minimum absolute atomic E-state index is 0.160. The second-order valence-corrected chi connectivity index (χ2v) is 15.4. The zero-order valence-electron chi connectivity index (χ0n) is 31.0. The molecule has 0 bridgehead atoms. The number of anilines is 2. The van der Waals surface area contributed by atoms with Crippen molar-refractivity contribution in [3.05, 3.63) is 233 Å². The Labute approximate surface area is 318 Å². The highest BCUT2D eigenvalue weighted by atomic mass is 15.2. The first kappa shape index (κ1) is 32.2. The number of benzene rings is 7. The maximum atomic E-state index is 4.14. The van der Waals surface area contributed by atoms with E-state index < -0.39 is 5.41 Å². The third-order valence-corrected chi connectivity index (χ3v) is 12.1. The van der Waals surface area contributed by atoms with E-state index in [0.717, 1.165) is 11.4 Å². The number of rotatable bonds is 6. The van der Waals surface area contributed by atoms with Crippen LogP contribution in [0, 0.1) is 6.92 Å². The van der Waals surface area contributed by atoms with Crippen molar-refractivity contribution in [2.45, 2.75) is 31.6 Å². The number of para-hydroxylation sites is 1. The van der Waals surface area contributed by atoms with E-state index in [-0.39, 0.29) is 5.41 Å². The van der Waals surface area contributed by atoms with E-state index in [0.29, 0.717) is 0 Å². The molecule has 0 atom stereocenters. The molecule has 258 valence electrons. The first-order chi connectivity index (χ1) is 26.4. The van der Waals surface area contributed by atoms with Crippen LogP contribution in [0.25, 0.3) is 39.0 Å². The number of fused-ring (bicyclic) bond motifs is 10. The minimum Gasteiger partial charge on any atom is -0.311 e. The summed E-state index contributed by atoms with van der Waals surface area (Å²) in [6.07, 6.45) is 6.30. The first-order valence-corrected chi connectivity index (χ1v) is 19.0. The number of aryl methyl sites for hydroxylation is 1. The summed E-state index contributed by atoms with van der Waals surface area (Å²) in [5, 5.41) is 0. The van der Waals surface area contributed by atoms with Crippen molar-refractivity contribution in [3.63, 3.8) is 0 Å². The summed E-state index contributed by atoms with van der Waals surface area (Å²) in [7, 11) is 0. The van der Waals surface area contributed by atoms with Gasteiger partial charge in [0, 0.05) is 22.2 Å². The highest BCUT2D eigenvalue weighted by molar-refractivity contribution is 6.02. The van der Waals surface area contributed by atoms with Gasteiger partial charge in [-0.15, -0.1) is 0 Å². The summed E-state index contributed by atoms with van der Waals surface area (Å²) >= 11 is 0. The lowest BCUT2D eigenvalue weighted by atomic mass is 9.71. The van der Waals surface area contributed by atoms with Gasteiger partial charge in [-0.2, -0.15) is 0 Å². The van der Waals surface area contributed by atoms with Gasteiger partial charge in [0.2, 0.25) is 0 Å². The molecule has 0 unspecified atom stereocenters. The lowest BCUT2D eigenvalue weighted by Gasteiger charge is -2.40. The van der Waals surface area contributed by atoms with Crippen molar-refractivity contribution in [2.75, 3.05) is 4.90 Å². The SMILES string of the molecule is C=C/C=C\C1=C(N(c2ccc3c(c2)C(C)(C)c2ccccc2-3)c2ccccc2-c2ccccc2)C2(c3cc(C)ccc31)c1ccccc1-c1ccccc12. The van der Waals surface area contributed by atoms with Crippen LogP contribution in [0.4, 0.5) is 11.4 Å². The number of hydrogen-bond acceptors (Lipinski definition) is 1. The van der Waals surface area contributed by atoms with Crippen molar-refractivity contribution >= 4 is 16.9 Å². The molecule has 3 aliphatic carbocycles. The van der Waals surface area contributed by atoms with Gasteiger partial charge < -0.3 is 4.90 Å². The Kier molecular flexibility index (Phi) is 7.19. The van der Waals surface area contributed by atoms with Crippen LogP contribution in [0.2, 0.25) is 0 Å². The first-order valence-electron chi connectivity index (χ1n) is 19.0. The molecule has 0 amide bonds. The predicted molar refractivity (Wildman–Crippen MR) is 227 cm³/mol. The largest absolute Gasteiger partial charge is 0.311 e. The summed E-state index contributed by atoms with van der Waals surface area (Å²) in [5.41, 5.74) is 20.7. The Bertz CT molecular complexity index is 2680. The lowest BCUT2D eigenvalue weighted by molar-refractivity contribution is 0.660. The summed E-state index contributed by atoms with van der Waals surface area (Å²) in [6.45, 7) is 11.1. The second-order valence-electron chi connectivity index (χ2n) is 15.4. The van der Waals surface area contributed by atoms with Crippen molar-refractivity contribution in [2.24, 2.45) is 0 Å². The normalized spacial score (nSPS) is 15.2. The van der Waals surface area contributed by atoms with Crippen LogP contribution < -0.4 is 4.90 Å². The molecule has 0 N–H and O–H groups in total. The molecule has 7 aromatic rings. The Morgan fingerprint density at radius 2 is 1.06 bits per heavy atom. The molecule has 0 aliphatic heterocycles. The van der Waals surface area contributed by atoms with Crippen molar-refractivity contribution in [1.82, 2.24) is 0 Å². The average Bonchev–Trinajstić information content (AvgIpc) is 3.75. The summed E-state index contributed by atoms with van der Waals surface area (Å²) < 4.78 is 0. The lowest BCUT2D eigenvalue weighted by Crippen LogP contribution is -2.36. The number of hydrogen-bond donors (Lipinski definition) is 0. The Balaban J connectivity index is 1.37. The quantitative estimate of drug-likeness (QED) is 0.157. The number of allylic oxidation sites excluding steroid dienone is 5. The third kappa shape index (κ3) is 4.39. The Hall–Kier alpha value is -6.44. The molecule has 0 saturated carbocycles. The molecule has 1 nitrogen and oxygen atoms in total. The predicted octanol–water partition coefficient (Wildman–Crippen LogP) is 13.6. The smallest absolute Gasteiger partial charge is 0.0882 e. The molecule has 1 heteroatoms. The van der Waals surface area contributed by atoms with E-state index in [4.69, 9.17) is 0 Å². The molecule has 10 rings (SSSR count). The molecule has 0 heterocycles. The van der Waals surface area contributed by atoms with Gasteiger partial charge in [0.25, 0.3) is 0 Å². The molecule has 7 aromatic carbocycles. The molecule has 0 saturated heterocycles.